The minimum atomic E-state index is -4.84. The highest BCUT2D eigenvalue weighted by molar-refractivity contribution is 5.80. The molecule has 0 radical (unpaired) electrons. The first-order valence-electron chi connectivity index (χ1n) is 5.14. The number of alkyl halides is 3. The van der Waals surface area contributed by atoms with Crippen molar-refractivity contribution >= 4 is 5.97 Å². The highest BCUT2D eigenvalue weighted by atomic mass is 19.4. The molecule has 0 heterocycles. The van der Waals surface area contributed by atoms with Gasteiger partial charge in [0.1, 0.15) is 0 Å². The van der Waals surface area contributed by atoms with E-state index in [4.69, 9.17) is 4.74 Å². The van der Waals surface area contributed by atoms with Gasteiger partial charge in [0.25, 0.3) is 5.60 Å². The van der Waals surface area contributed by atoms with E-state index < -0.39 is 17.7 Å². The smallest absolute Gasteiger partial charge is 0.428 e. The highest BCUT2D eigenvalue weighted by Crippen LogP contribution is 2.35. The van der Waals surface area contributed by atoms with Crippen LogP contribution in [0.25, 0.3) is 0 Å². The Bertz CT molecular complexity index is 403. The first-order chi connectivity index (χ1) is 8.31. The van der Waals surface area contributed by atoms with Gasteiger partial charge in [-0.2, -0.15) is 13.2 Å². The molecular weight excluding hydrogens is 249 g/mol. The van der Waals surface area contributed by atoms with Crippen LogP contribution < -0.4 is 0 Å². The van der Waals surface area contributed by atoms with E-state index in [0.29, 0.717) is 12.5 Å². The van der Waals surface area contributed by atoms with Gasteiger partial charge in [-0.15, -0.1) is 0 Å². The number of rotatable bonds is 4. The first-order valence-corrected chi connectivity index (χ1v) is 5.14. The maximum atomic E-state index is 12.8. The minimum Gasteiger partial charge on any atom is -0.467 e. The lowest BCUT2D eigenvalue weighted by atomic mass is 10.1. The van der Waals surface area contributed by atoms with Gasteiger partial charge in [0.05, 0.1) is 13.7 Å². The number of ether oxygens (including phenoxy) is 2. The zero-order valence-electron chi connectivity index (χ0n) is 9.95. The van der Waals surface area contributed by atoms with Crippen molar-refractivity contribution < 1.29 is 27.4 Å². The van der Waals surface area contributed by atoms with E-state index in [2.05, 4.69) is 4.74 Å². The molecule has 6 heteroatoms. The van der Waals surface area contributed by atoms with E-state index >= 15 is 0 Å². The van der Waals surface area contributed by atoms with Crippen molar-refractivity contribution in [1.82, 2.24) is 0 Å². The molecule has 100 valence electrons. The Morgan fingerprint density at radius 2 is 1.78 bits per heavy atom. The van der Waals surface area contributed by atoms with Gasteiger partial charge >= 0.3 is 12.1 Å². The summed E-state index contributed by atoms with van der Waals surface area (Å²) < 4.78 is 47.3. The molecule has 0 aliphatic heterocycles. The third-order valence-electron chi connectivity index (χ3n) is 2.49. The van der Waals surface area contributed by atoms with Gasteiger partial charge in [0.2, 0.25) is 0 Å². The van der Waals surface area contributed by atoms with E-state index in [0.717, 1.165) is 7.11 Å². The van der Waals surface area contributed by atoms with Gasteiger partial charge in [-0.05, 0) is 12.5 Å². The summed E-state index contributed by atoms with van der Waals surface area (Å²) in [6.45, 7) is 0.327. The van der Waals surface area contributed by atoms with Crippen molar-refractivity contribution in [2.24, 2.45) is 0 Å². The monoisotopic (exact) mass is 262 g/mol. The summed E-state index contributed by atoms with van der Waals surface area (Å²) in [5.41, 5.74) is -2.42. The fourth-order valence-corrected chi connectivity index (χ4v) is 1.25. The van der Waals surface area contributed by atoms with Crippen LogP contribution in [0.3, 0.4) is 0 Å². The molecule has 0 bridgehead atoms. The number of esters is 1. The fourth-order valence-electron chi connectivity index (χ4n) is 1.25. The molecule has 0 fully saturated rings. The molecule has 0 aliphatic carbocycles. The predicted molar refractivity (Wildman–Crippen MR) is 57.7 cm³/mol. The Hall–Kier alpha value is -1.56. The summed E-state index contributed by atoms with van der Waals surface area (Å²) in [5.74, 6) is -1.47. The quantitative estimate of drug-likeness (QED) is 0.783. The van der Waals surface area contributed by atoms with Crippen molar-refractivity contribution in [3.05, 3.63) is 35.9 Å². The molecule has 1 atom stereocenters. The Morgan fingerprint density at radius 1 is 1.22 bits per heavy atom. The summed E-state index contributed by atoms with van der Waals surface area (Å²) in [7, 11) is 0.887. The maximum Gasteiger partial charge on any atom is 0.428 e. The summed E-state index contributed by atoms with van der Waals surface area (Å²) in [4.78, 5) is 11.2. The van der Waals surface area contributed by atoms with Crippen LogP contribution in [0.4, 0.5) is 13.2 Å². The normalized spacial score (nSPS) is 14.9. The lowest BCUT2D eigenvalue weighted by Crippen LogP contribution is -2.52. The van der Waals surface area contributed by atoms with Crippen molar-refractivity contribution in [2.75, 3.05) is 7.11 Å². The molecule has 0 spiro atoms. The Labute approximate surface area is 103 Å². The van der Waals surface area contributed by atoms with Crippen LogP contribution in [0, 0.1) is 0 Å². The van der Waals surface area contributed by atoms with Gasteiger partial charge in [-0.3, -0.25) is 0 Å². The lowest BCUT2D eigenvalue weighted by molar-refractivity contribution is -0.273. The van der Waals surface area contributed by atoms with E-state index in [1.165, 1.54) is 0 Å². The number of methoxy groups -OCH3 is 1. The van der Waals surface area contributed by atoms with Crippen LogP contribution >= 0.6 is 0 Å². The molecule has 3 nitrogen and oxygen atoms in total. The Morgan fingerprint density at radius 3 is 2.22 bits per heavy atom. The second-order valence-electron chi connectivity index (χ2n) is 3.80. The molecule has 1 rings (SSSR count). The molecule has 0 aliphatic rings. The number of halogens is 3. The van der Waals surface area contributed by atoms with Gasteiger partial charge in [-0.25, -0.2) is 4.79 Å². The third-order valence-corrected chi connectivity index (χ3v) is 2.49. The van der Waals surface area contributed by atoms with E-state index in [1.54, 1.807) is 30.3 Å². The first kappa shape index (κ1) is 14.5. The standard InChI is InChI=1S/C12H13F3O3/c1-11(10(16)17-2,12(13,14)15)18-8-9-6-4-3-5-7-9/h3-7H,8H2,1-2H3. The van der Waals surface area contributed by atoms with Crippen LogP contribution in [0.1, 0.15) is 12.5 Å². The second-order valence-corrected chi connectivity index (χ2v) is 3.80. The molecule has 1 unspecified atom stereocenters. The van der Waals surface area contributed by atoms with Crippen molar-refractivity contribution in [3.63, 3.8) is 0 Å². The van der Waals surface area contributed by atoms with E-state index in [9.17, 15) is 18.0 Å². The molecule has 0 amide bonds. The average molecular weight is 262 g/mol. The molecule has 0 saturated carbocycles. The molecule has 0 aromatic heterocycles. The zero-order valence-corrected chi connectivity index (χ0v) is 9.95. The van der Waals surface area contributed by atoms with Crippen LogP contribution in [-0.4, -0.2) is 24.9 Å². The summed E-state index contributed by atoms with van der Waals surface area (Å²) in [6, 6.07) is 8.28. The third kappa shape index (κ3) is 3.01. The average Bonchev–Trinajstić information content (AvgIpc) is 2.34. The van der Waals surface area contributed by atoms with Gasteiger partial charge < -0.3 is 9.47 Å². The molecule has 18 heavy (non-hydrogen) atoms. The number of benzene rings is 1. The summed E-state index contributed by atoms with van der Waals surface area (Å²) in [6.07, 6.45) is -4.84. The lowest BCUT2D eigenvalue weighted by Gasteiger charge is -2.29. The minimum absolute atomic E-state index is 0.327. The molecule has 1 aromatic carbocycles. The topological polar surface area (TPSA) is 35.5 Å². The SMILES string of the molecule is COC(=O)C(C)(OCc1ccccc1)C(F)(F)F. The number of carbonyl (C=O) groups excluding carboxylic acids is 1. The number of hydrogen-bond donors (Lipinski definition) is 0. The molecular formula is C12H13F3O3. The molecule has 0 N–H and O–H groups in total. The van der Waals surface area contributed by atoms with Crippen molar-refractivity contribution in [2.45, 2.75) is 25.3 Å². The largest absolute Gasteiger partial charge is 0.467 e. The zero-order chi connectivity index (χ0) is 13.8. The Kier molecular flexibility index (Phi) is 4.34. The van der Waals surface area contributed by atoms with Gasteiger partial charge in [0, 0.05) is 0 Å². The molecule has 1 aromatic rings. The summed E-state index contributed by atoms with van der Waals surface area (Å²) >= 11 is 0. The van der Waals surface area contributed by atoms with Crippen LogP contribution in [0.15, 0.2) is 30.3 Å². The Balaban J connectivity index is 2.84. The second kappa shape index (κ2) is 5.39. The fraction of sp³-hybridized carbons (Fsp3) is 0.417. The molecule has 0 saturated heterocycles. The van der Waals surface area contributed by atoms with Crippen LogP contribution in [0.2, 0.25) is 0 Å². The maximum absolute atomic E-state index is 12.8. The van der Waals surface area contributed by atoms with Crippen molar-refractivity contribution in [1.29, 1.82) is 0 Å². The van der Waals surface area contributed by atoms with Crippen LogP contribution in [-0.2, 0) is 20.9 Å². The van der Waals surface area contributed by atoms with Crippen molar-refractivity contribution in [3.8, 4) is 0 Å². The van der Waals surface area contributed by atoms with Crippen LogP contribution in [0.5, 0.6) is 0 Å². The van der Waals surface area contributed by atoms with Gasteiger partial charge in [-0.1, -0.05) is 30.3 Å². The number of hydrogen-bond acceptors (Lipinski definition) is 3. The van der Waals surface area contributed by atoms with Gasteiger partial charge in [0.15, 0.2) is 0 Å². The summed E-state index contributed by atoms with van der Waals surface area (Å²) in [5, 5.41) is 0. The highest BCUT2D eigenvalue weighted by Gasteiger charge is 2.59. The number of carbonyl (C=O) groups is 1. The van der Waals surface area contributed by atoms with E-state index in [-0.39, 0.29) is 6.61 Å². The predicted octanol–water partition coefficient (Wildman–Crippen LogP) is 2.70. The van der Waals surface area contributed by atoms with E-state index in [1.807, 2.05) is 0 Å².